The number of hydrogen-bond acceptors (Lipinski definition) is 5. The zero-order chi connectivity index (χ0) is 10.6. The molecule has 0 aliphatic rings. The van der Waals surface area contributed by atoms with Gasteiger partial charge in [0, 0.05) is 18.8 Å². The van der Waals surface area contributed by atoms with Crippen molar-refractivity contribution in [1.29, 1.82) is 0 Å². The lowest BCUT2D eigenvalue weighted by Gasteiger charge is -2.14. The van der Waals surface area contributed by atoms with Crippen LogP contribution in [0.1, 0.15) is 11.4 Å². The Morgan fingerprint density at radius 3 is 2.57 bits per heavy atom. The van der Waals surface area contributed by atoms with Crippen molar-refractivity contribution in [3.8, 4) is 0 Å². The van der Waals surface area contributed by atoms with Crippen LogP contribution in [0.15, 0.2) is 12.4 Å². The lowest BCUT2D eigenvalue weighted by molar-refractivity contribution is -0.0137. The fourth-order valence-electron chi connectivity index (χ4n) is 1.09. The van der Waals surface area contributed by atoms with Crippen molar-refractivity contribution in [2.24, 2.45) is 0 Å². The number of aromatic nitrogens is 2. The van der Waals surface area contributed by atoms with Crippen LogP contribution in [0.4, 0.5) is 0 Å². The van der Waals surface area contributed by atoms with Gasteiger partial charge in [0.1, 0.15) is 6.10 Å². The Hall–Kier alpha value is -1.04. The van der Waals surface area contributed by atoms with Gasteiger partial charge in [-0.05, 0) is 6.92 Å². The summed E-state index contributed by atoms with van der Waals surface area (Å²) in [6.07, 6.45) is 1.20. The maximum atomic E-state index is 9.38. The van der Waals surface area contributed by atoms with E-state index in [1.54, 1.807) is 13.1 Å². The number of hydrogen-bond donors (Lipinski definition) is 3. The summed E-state index contributed by atoms with van der Waals surface area (Å²) in [7, 11) is 0. The van der Waals surface area contributed by atoms with Crippen LogP contribution in [-0.2, 0) is 6.42 Å². The highest BCUT2D eigenvalue weighted by Crippen LogP contribution is 2.03. The van der Waals surface area contributed by atoms with Gasteiger partial charge in [-0.3, -0.25) is 9.97 Å². The Morgan fingerprint density at radius 1 is 1.29 bits per heavy atom. The molecule has 1 rings (SSSR count). The van der Waals surface area contributed by atoms with Crippen LogP contribution in [0.25, 0.3) is 0 Å². The van der Waals surface area contributed by atoms with Crippen LogP contribution in [0.3, 0.4) is 0 Å². The van der Waals surface area contributed by atoms with Gasteiger partial charge >= 0.3 is 0 Å². The Morgan fingerprint density at radius 2 is 2.00 bits per heavy atom. The summed E-state index contributed by atoms with van der Waals surface area (Å²) in [4.78, 5) is 8.02. The first kappa shape index (κ1) is 11.0. The second kappa shape index (κ2) is 4.99. The molecule has 2 unspecified atom stereocenters. The third kappa shape index (κ3) is 3.02. The molecule has 5 nitrogen and oxygen atoms in total. The van der Waals surface area contributed by atoms with Gasteiger partial charge in [0.25, 0.3) is 0 Å². The first-order valence-corrected chi connectivity index (χ1v) is 4.38. The molecule has 0 aliphatic heterocycles. The van der Waals surface area contributed by atoms with Crippen molar-refractivity contribution in [2.75, 3.05) is 6.61 Å². The lowest BCUT2D eigenvalue weighted by Crippen LogP contribution is -2.31. The molecule has 0 spiro atoms. The second-order valence-electron chi connectivity index (χ2n) is 3.17. The van der Waals surface area contributed by atoms with Gasteiger partial charge in [-0.15, -0.1) is 0 Å². The summed E-state index contributed by atoms with van der Waals surface area (Å²) >= 11 is 0. The average molecular weight is 198 g/mol. The van der Waals surface area contributed by atoms with E-state index in [2.05, 4.69) is 9.97 Å². The first-order valence-electron chi connectivity index (χ1n) is 4.38. The second-order valence-corrected chi connectivity index (χ2v) is 3.17. The van der Waals surface area contributed by atoms with Gasteiger partial charge < -0.3 is 15.3 Å². The predicted octanol–water partition coefficient (Wildman–Crippen LogP) is -0.958. The largest absolute Gasteiger partial charge is 0.394 e. The van der Waals surface area contributed by atoms with Gasteiger partial charge in [-0.25, -0.2) is 0 Å². The summed E-state index contributed by atoms with van der Waals surface area (Å²) < 4.78 is 0. The number of aryl methyl sites for hydroxylation is 1. The fraction of sp³-hybridized carbons (Fsp3) is 0.556. The van der Waals surface area contributed by atoms with Crippen LogP contribution in [0.2, 0.25) is 0 Å². The zero-order valence-electron chi connectivity index (χ0n) is 7.96. The number of rotatable bonds is 4. The van der Waals surface area contributed by atoms with Crippen LogP contribution in [0, 0.1) is 6.92 Å². The molecule has 0 bridgehead atoms. The van der Waals surface area contributed by atoms with Gasteiger partial charge in [0.2, 0.25) is 0 Å². The topological polar surface area (TPSA) is 86.5 Å². The third-order valence-corrected chi connectivity index (χ3v) is 1.85. The van der Waals surface area contributed by atoms with Crippen LogP contribution < -0.4 is 0 Å². The van der Waals surface area contributed by atoms with E-state index in [9.17, 15) is 5.11 Å². The number of nitrogens with zero attached hydrogens (tertiary/aromatic N) is 2. The van der Waals surface area contributed by atoms with E-state index >= 15 is 0 Å². The summed E-state index contributed by atoms with van der Waals surface area (Å²) in [5.74, 6) is 0. The molecular weight excluding hydrogens is 184 g/mol. The van der Waals surface area contributed by atoms with Crippen LogP contribution in [0.5, 0.6) is 0 Å². The average Bonchev–Trinajstić information content (AvgIpc) is 2.16. The highest BCUT2D eigenvalue weighted by molar-refractivity contribution is 5.03. The maximum absolute atomic E-state index is 9.38. The van der Waals surface area contributed by atoms with Gasteiger partial charge in [0.05, 0.1) is 24.1 Å². The van der Waals surface area contributed by atoms with Crippen LogP contribution >= 0.6 is 0 Å². The molecule has 14 heavy (non-hydrogen) atoms. The van der Waals surface area contributed by atoms with E-state index in [1.165, 1.54) is 6.20 Å². The maximum Gasteiger partial charge on any atom is 0.103 e. The number of aliphatic hydroxyl groups is 3. The van der Waals surface area contributed by atoms with Crippen molar-refractivity contribution in [2.45, 2.75) is 25.6 Å². The molecular formula is C9H14N2O3. The Kier molecular flexibility index (Phi) is 3.94. The van der Waals surface area contributed by atoms with Gasteiger partial charge in [0.15, 0.2) is 0 Å². The summed E-state index contributed by atoms with van der Waals surface area (Å²) in [5.41, 5.74) is 1.36. The standard InChI is InChI=1S/C9H14N2O3/c1-6-3-10-4-7(11-6)2-8(13)9(14)5-12/h3-4,8-9,12-14H,2,5H2,1H3. The highest BCUT2D eigenvalue weighted by Gasteiger charge is 2.16. The lowest BCUT2D eigenvalue weighted by atomic mass is 10.1. The first-order chi connectivity index (χ1) is 6.63. The molecule has 78 valence electrons. The smallest absolute Gasteiger partial charge is 0.103 e. The quantitative estimate of drug-likeness (QED) is 0.580. The number of aliphatic hydroxyl groups excluding tert-OH is 3. The van der Waals surface area contributed by atoms with Gasteiger partial charge in [-0.1, -0.05) is 0 Å². The molecule has 2 atom stereocenters. The minimum Gasteiger partial charge on any atom is -0.394 e. The molecule has 0 saturated carbocycles. The Balaban J connectivity index is 2.60. The minimum absolute atomic E-state index is 0.191. The molecule has 3 N–H and O–H groups in total. The van der Waals surface area contributed by atoms with E-state index in [-0.39, 0.29) is 6.42 Å². The summed E-state index contributed by atoms with van der Waals surface area (Å²) in [6, 6.07) is 0. The van der Waals surface area contributed by atoms with E-state index in [4.69, 9.17) is 10.2 Å². The summed E-state index contributed by atoms with van der Waals surface area (Å²) in [5, 5.41) is 27.1. The van der Waals surface area contributed by atoms with Crippen molar-refractivity contribution in [3.05, 3.63) is 23.8 Å². The minimum atomic E-state index is -1.13. The highest BCUT2D eigenvalue weighted by atomic mass is 16.4. The Bertz CT molecular complexity index is 293. The predicted molar refractivity (Wildman–Crippen MR) is 49.6 cm³/mol. The van der Waals surface area contributed by atoms with Crippen molar-refractivity contribution in [3.63, 3.8) is 0 Å². The normalized spacial score (nSPS) is 15.1. The van der Waals surface area contributed by atoms with Crippen molar-refractivity contribution in [1.82, 2.24) is 9.97 Å². The van der Waals surface area contributed by atoms with Gasteiger partial charge in [-0.2, -0.15) is 0 Å². The SMILES string of the molecule is Cc1cncc(CC(O)C(O)CO)n1. The molecule has 0 fully saturated rings. The molecule has 1 heterocycles. The van der Waals surface area contributed by atoms with E-state index in [0.717, 1.165) is 5.69 Å². The van der Waals surface area contributed by atoms with E-state index < -0.39 is 18.8 Å². The molecule has 0 aromatic carbocycles. The Labute approximate surface area is 82.1 Å². The summed E-state index contributed by atoms with van der Waals surface area (Å²) in [6.45, 7) is 1.34. The van der Waals surface area contributed by atoms with Crippen molar-refractivity contribution >= 4 is 0 Å². The molecule has 0 amide bonds. The van der Waals surface area contributed by atoms with E-state index in [1.807, 2.05) is 0 Å². The molecule has 1 aromatic rings. The third-order valence-electron chi connectivity index (χ3n) is 1.85. The molecule has 0 aliphatic carbocycles. The fourth-order valence-corrected chi connectivity index (χ4v) is 1.09. The van der Waals surface area contributed by atoms with Crippen molar-refractivity contribution < 1.29 is 15.3 Å². The zero-order valence-corrected chi connectivity index (χ0v) is 7.96. The molecule has 5 heteroatoms. The van der Waals surface area contributed by atoms with E-state index in [0.29, 0.717) is 5.69 Å². The molecule has 0 saturated heterocycles. The molecule has 0 radical (unpaired) electrons. The van der Waals surface area contributed by atoms with Crippen LogP contribution in [-0.4, -0.2) is 44.1 Å². The monoisotopic (exact) mass is 198 g/mol. The molecule has 1 aromatic heterocycles.